The Balaban J connectivity index is 1.89. The number of hydrogen-bond donors (Lipinski definition) is 3. The van der Waals surface area contributed by atoms with Crippen molar-refractivity contribution in [3.05, 3.63) is 58.5 Å². The molecule has 3 N–H and O–H groups in total. The van der Waals surface area contributed by atoms with Gasteiger partial charge in [-0.25, -0.2) is 0 Å². The molecule has 0 aliphatic heterocycles. The number of hydrazine groups is 1. The van der Waals surface area contributed by atoms with Gasteiger partial charge in [-0.1, -0.05) is 32.0 Å². The number of anilines is 1. The number of carbonyl (C=O) groups excluding carboxylic acids is 1. The molecule has 8 heteroatoms. The fourth-order valence-corrected chi connectivity index (χ4v) is 2.52. The molecule has 2 rings (SSSR count). The lowest BCUT2D eigenvalue weighted by Crippen LogP contribution is -2.45. The molecule has 27 heavy (non-hydrogen) atoms. The van der Waals surface area contributed by atoms with Gasteiger partial charge in [0.25, 0.3) is 5.91 Å². The van der Waals surface area contributed by atoms with Crippen molar-refractivity contribution < 1.29 is 9.53 Å². The Labute approximate surface area is 163 Å². The molecule has 0 spiro atoms. The highest BCUT2D eigenvalue weighted by Gasteiger charge is 2.14. The van der Waals surface area contributed by atoms with Gasteiger partial charge in [-0.3, -0.25) is 15.6 Å². The summed E-state index contributed by atoms with van der Waals surface area (Å²) in [6, 6.07) is 12.8. The summed E-state index contributed by atoms with van der Waals surface area (Å²) in [5.41, 5.74) is 7.78. The van der Waals surface area contributed by atoms with Crippen LogP contribution in [0.15, 0.2) is 47.6 Å². The van der Waals surface area contributed by atoms with Crippen molar-refractivity contribution in [1.29, 1.82) is 0 Å². The minimum atomic E-state index is -0.392. The average Bonchev–Trinajstić information content (AvgIpc) is 2.65. The molecule has 0 aliphatic carbocycles. The summed E-state index contributed by atoms with van der Waals surface area (Å²) in [5.74, 6) is 0.275. The summed E-state index contributed by atoms with van der Waals surface area (Å²) >= 11 is 5.11. The predicted molar refractivity (Wildman–Crippen MR) is 110 cm³/mol. The van der Waals surface area contributed by atoms with Crippen LogP contribution in [0.3, 0.4) is 0 Å². The third-order valence-corrected chi connectivity index (χ3v) is 3.96. The molecule has 2 aromatic carbocycles. The Morgan fingerprint density at radius 2 is 1.89 bits per heavy atom. The molecule has 7 nitrogen and oxygen atoms in total. The number of nitrogens with zero attached hydrogens (tertiary/aromatic N) is 1. The number of hydrogen-bond acceptors (Lipinski definition) is 5. The van der Waals surface area contributed by atoms with Crippen LogP contribution < -0.4 is 20.9 Å². The Bertz CT molecular complexity index is 825. The van der Waals surface area contributed by atoms with E-state index in [1.54, 1.807) is 19.1 Å². The number of aryl methyl sites for hydroxylation is 1. The van der Waals surface area contributed by atoms with Crippen molar-refractivity contribution in [2.24, 2.45) is 5.18 Å². The molecule has 0 saturated carbocycles. The van der Waals surface area contributed by atoms with E-state index in [1.807, 2.05) is 44.2 Å². The maximum Gasteiger partial charge on any atom is 0.276 e. The van der Waals surface area contributed by atoms with Crippen molar-refractivity contribution in [2.75, 3.05) is 11.9 Å². The molecule has 2 aromatic rings. The standard InChI is InChI=1S/C19H22N4O3S/c1-12(2)15-10-16(23-25)13(3)9-17(15)26-11-18(24)21-22-19(27)20-14-7-5-4-6-8-14/h4-10,12H,11H2,1-3H3,(H,21,24)(H2,20,22,27). The Morgan fingerprint density at radius 3 is 2.52 bits per heavy atom. The van der Waals surface area contributed by atoms with E-state index in [9.17, 15) is 9.70 Å². The van der Waals surface area contributed by atoms with Gasteiger partial charge in [0.05, 0.1) is 0 Å². The molecular weight excluding hydrogens is 364 g/mol. The highest BCUT2D eigenvalue weighted by molar-refractivity contribution is 7.80. The number of para-hydroxylation sites is 1. The first-order valence-electron chi connectivity index (χ1n) is 8.42. The van der Waals surface area contributed by atoms with E-state index in [-0.39, 0.29) is 17.6 Å². The van der Waals surface area contributed by atoms with Gasteiger partial charge in [0.15, 0.2) is 11.7 Å². The van der Waals surface area contributed by atoms with E-state index >= 15 is 0 Å². The Hall–Kier alpha value is -3.00. The summed E-state index contributed by atoms with van der Waals surface area (Å²) in [7, 11) is 0. The predicted octanol–water partition coefficient (Wildman–Crippen LogP) is 3.91. The molecule has 0 aliphatic rings. The smallest absolute Gasteiger partial charge is 0.276 e. The summed E-state index contributed by atoms with van der Waals surface area (Å²) in [4.78, 5) is 22.9. The molecule has 0 saturated heterocycles. The zero-order valence-electron chi connectivity index (χ0n) is 15.4. The molecule has 142 valence electrons. The third kappa shape index (κ3) is 6.03. The SMILES string of the molecule is Cc1cc(OCC(=O)NNC(=S)Nc2ccccc2)c(C(C)C)cc1N=O. The van der Waals surface area contributed by atoms with Gasteiger partial charge in [0, 0.05) is 5.69 Å². The Kier molecular flexibility index (Phi) is 7.25. The van der Waals surface area contributed by atoms with Gasteiger partial charge >= 0.3 is 0 Å². The van der Waals surface area contributed by atoms with Crippen LogP contribution in [0.5, 0.6) is 5.75 Å². The van der Waals surface area contributed by atoms with E-state index < -0.39 is 5.91 Å². The lowest BCUT2D eigenvalue weighted by molar-refractivity contribution is -0.123. The van der Waals surface area contributed by atoms with E-state index in [4.69, 9.17) is 17.0 Å². The minimum absolute atomic E-state index is 0.116. The zero-order valence-corrected chi connectivity index (χ0v) is 16.2. The first-order chi connectivity index (χ1) is 12.9. The summed E-state index contributed by atoms with van der Waals surface area (Å²) < 4.78 is 5.63. The van der Waals surface area contributed by atoms with Crippen LogP contribution in [0.25, 0.3) is 0 Å². The van der Waals surface area contributed by atoms with Crippen LogP contribution in [-0.2, 0) is 4.79 Å². The van der Waals surface area contributed by atoms with E-state index in [0.717, 1.165) is 11.3 Å². The van der Waals surface area contributed by atoms with Crippen molar-refractivity contribution in [3.63, 3.8) is 0 Å². The number of amides is 1. The van der Waals surface area contributed by atoms with Crippen LogP contribution in [0.4, 0.5) is 11.4 Å². The molecule has 1 amide bonds. The first-order valence-corrected chi connectivity index (χ1v) is 8.83. The van der Waals surface area contributed by atoms with Crippen molar-refractivity contribution in [1.82, 2.24) is 10.9 Å². The maximum absolute atomic E-state index is 12.0. The van der Waals surface area contributed by atoms with Gasteiger partial charge < -0.3 is 10.1 Å². The quantitative estimate of drug-likeness (QED) is 0.396. The number of rotatable bonds is 6. The second-order valence-electron chi connectivity index (χ2n) is 6.20. The minimum Gasteiger partial charge on any atom is -0.483 e. The van der Waals surface area contributed by atoms with Crippen LogP contribution in [0, 0.1) is 11.8 Å². The summed E-state index contributed by atoms with van der Waals surface area (Å²) in [6.07, 6.45) is 0. The molecule has 0 heterocycles. The summed E-state index contributed by atoms with van der Waals surface area (Å²) in [5, 5.41) is 6.22. The number of nitroso groups, excluding NO2 is 1. The van der Waals surface area contributed by atoms with E-state index in [1.165, 1.54) is 0 Å². The first kappa shape index (κ1) is 20.3. The number of ether oxygens (including phenoxy) is 1. The van der Waals surface area contributed by atoms with Gasteiger partial charge in [0.2, 0.25) is 0 Å². The van der Waals surface area contributed by atoms with Crippen molar-refractivity contribution in [3.8, 4) is 5.75 Å². The molecule has 0 fully saturated rings. The van der Waals surface area contributed by atoms with Crippen LogP contribution in [0.1, 0.15) is 30.9 Å². The molecular formula is C19H22N4O3S. The lowest BCUT2D eigenvalue weighted by atomic mass is 9.99. The fraction of sp³-hybridized carbons (Fsp3) is 0.263. The van der Waals surface area contributed by atoms with Crippen LogP contribution in [0.2, 0.25) is 0 Å². The zero-order chi connectivity index (χ0) is 19.8. The fourth-order valence-electron chi connectivity index (χ4n) is 2.35. The highest BCUT2D eigenvalue weighted by Crippen LogP contribution is 2.33. The molecule has 0 unspecified atom stereocenters. The lowest BCUT2D eigenvalue weighted by Gasteiger charge is -2.16. The van der Waals surface area contributed by atoms with Gasteiger partial charge in [0.1, 0.15) is 11.4 Å². The normalized spacial score (nSPS) is 10.2. The monoisotopic (exact) mass is 386 g/mol. The largest absolute Gasteiger partial charge is 0.483 e. The molecule has 0 aromatic heterocycles. The van der Waals surface area contributed by atoms with E-state index in [2.05, 4.69) is 21.3 Å². The topological polar surface area (TPSA) is 91.8 Å². The second kappa shape index (κ2) is 9.63. The summed E-state index contributed by atoms with van der Waals surface area (Å²) in [6.45, 7) is 5.51. The van der Waals surface area contributed by atoms with Crippen LogP contribution >= 0.6 is 12.2 Å². The second-order valence-corrected chi connectivity index (χ2v) is 6.61. The van der Waals surface area contributed by atoms with Crippen LogP contribution in [-0.4, -0.2) is 17.6 Å². The third-order valence-electron chi connectivity index (χ3n) is 3.75. The van der Waals surface area contributed by atoms with Gasteiger partial charge in [-0.2, -0.15) is 0 Å². The Morgan fingerprint density at radius 1 is 1.19 bits per heavy atom. The molecule has 0 radical (unpaired) electrons. The van der Waals surface area contributed by atoms with Crippen molar-refractivity contribution >= 4 is 34.6 Å². The van der Waals surface area contributed by atoms with Crippen molar-refractivity contribution in [2.45, 2.75) is 26.7 Å². The number of benzene rings is 2. The number of carbonyl (C=O) groups is 1. The maximum atomic E-state index is 12.0. The molecule has 0 bridgehead atoms. The molecule has 0 atom stereocenters. The number of nitrogens with one attached hydrogen (secondary N) is 3. The van der Waals surface area contributed by atoms with Gasteiger partial charge in [-0.05, 0) is 65.6 Å². The highest BCUT2D eigenvalue weighted by atomic mass is 32.1. The van der Waals surface area contributed by atoms with Gasteiger partial charge in [-0.15, -0.1) is 4.91 Å². The van der Waals surface area contributed by atoms with E-state index in [0.29, 0.717) is 17.0 Å². The average molecular weight is 386 g/mol. The number of thiocarbonyl (C=S) groups is 1.